The minimum absolute atomic E-state index is 0.469. The van der Waals surface area contributed by atoms with Gasteiger partial charge in [0.25, 0.3) is 0 Å². The van der Waals surface area contributed by atoms with Gasteiger partial charge in [-0.05, 0) is 37.5 Å². The lowest BCUT2D eigenvalue weighted by atomic mass is 10.1. The van der Waals surface area contributed by atoms with E-state index in [-0.39, 0.29) is 0 Å². The fourth-order valence-electron chi connectivity index (χ4n) is 2.84. The Balaban J connectivity index is 0.000000334. The molecule has 2 fully saturated rings. The number of rotatable bonds is 3. The van der Waals surface area contributed by atoms with Gasteiger partial charge >= 0.3 is 12.1 Å². The van der Waals surface area contributed by atoms with Crippen LogP contribution < -0.4 is 11.3 Å². The standard InChI is InChI=1S/C7H16N2.C7H12O.C2HF3O2/c1-2-6-3-4-7(5-6)9-8;1-2-6-3-4-7(8)5-6;3-2(4,5)1(6)7/h6-7,9H,2-5,8H2,1H3;6H,2-5H2,1H3;(H,6,7). The van der Waals surface area contributed by atoms with Crippen LogP contribution in [0.4, 0.5) is 13.2 Å². The molecule has 0 amide bonds. The molecular weight excluding hydrogens is 325 g/mol. The molecule has 0 heterocycles. The van der Waals surface area contributed by atoms with Crippen molar-refractivity contribution in [3.63, 3.8) is 0 Å². The van der Waals surface area contributed by atoms with Crippen LogP contribution in [-0.2, 0) is 9.59 Å². The Labute approximate surface area is 141 Å². The first-order chi connectivity index (χ1) is 11.1. The maximum absolute atomic E-state index is 10.6. The van der Waals surface area contributed by atoms with E-state index >= 15 is 0 Å². The number of hydrogen-bond acceptors (Lipinski definition) is 4. The van der Waals surface area contributed by atoms with Crippen molar-refractivity contribution in [2.24, 2.45) is 17.7 Å². The molecule has 0 aromatic rings. The fraction of sp³-hybridized carbons (Fsp3) is 0.875. The normalized spacial score (nSPS) is 26.2. The summed E-state index contributed by atoms with van der Waals surface area (Å²) in [4.78, 5) is 19.5. The van der Waals surface area contributed by atoms with Gasteiger partial charge in [0, 0.05) is 18.9 Å². The summed E-state index contributed by atoms with van der Waals surface area (Å²) in [5, 5.41) is 7.12. The van der Waals surface area contributed by atoms with Gasteiger partial charge in [-0.3, -0.25) is 16.1 Å². The van der Waals surface area contributed by atoms with Crippen molar-refractivity contribution in [3.05, 3.63) is 0 Å². The number of halogens is 3. The average Bonchev–Trinajstić information content (AvgIpc) is 3.15. The predicted molar refractivity (Wildman–Crippen MR) is 85.1 cm³/mol. The van der Waals surface area contributed by atoms with E-state index in [1.165, 1.54) is 32.1 Å². The molecule has 2 aliphatic rings. The maximum Gasteiger partial charge on any atom is 0.490 e. The number of carboxylic acid groups (broad SMARTS) is 1. The number of Topliss-reactive ketones (excluding diaryl/α,β-unsaturated/α-hetero) is 1. The lowest BCUT2D eigenvalue weighted by Gasteiger charge is -2.06. The summed E-state index contributed by atoms with van der Waals surface area (Å²) in [6.07, 6.45) is 4.20. The summed E-state index contributed by atoms with van der Waals surface area (Å²) in [5.41, 5.74) is 2.83. The fourth-order valence-corrected chi connectivity index (χ4v) is 2.84. The molecule has 0 aromatic heterocycles. The van der Waals surface area contributed by atoms with Gasteiger partial charge in [0.15, 0.2) is 0 Å². The van der Waals surface area contributed by atoms with Crippen LogP contribution in [0, 0.1) is 11.8 Å². The van der Waals surface area contributed by atoms with E-state index < -0.39 is 12.1 Å². The quantitative estimate of drug-likeness (QED) is 0.533. The molecule has 5 nitrogen and oxygen atoms in total. The second-order valence-corrected chi connectivity index (χ2v) is 6.31. The van der Waals surface area contributed by atoms with Gasteiger partial charge in [-0.1, -0.05) is 26.7 Å². The molecule has 3 unspecified atom stereocenters. The predicted octanol–water partition coefficient (Wildman–Crippen LogP) is 3.43. The van der Waals surface area contributed by atoms with Crippen LogP contribution in [0.25, 0.3) is 0 Å². The van der Waals surface area contributed by atoms with Crippen molar-refractivity contribution in [1.29, 1.82) is 0 Å². The van der Waals surface area contributed by atoms with Crippen molar-refractivity contribution in [2.75, 3.05) is 0 Å². The van der Waals surface area contributed by atoms with E-state index in [1.807, 2.05) is 0 Å². The van der Waals surface area contributed by atoms with E-state index in [4.69, 9.17) is 15.7 Å². The summed E-state index contributed by atoms with van der Waals surface area (Å²) >= 11 is 0. The number of hydrazine groups is 1. The number of alkyl halides is 3. The van der Waals surface area contributed by atoms with E-state index in [0.29, 0.717) is 11.8 Å². The maximum atomic E-state index is 10.6. The molecule has 0 saturated heterocycles. The van der Waals surface area contributed by atoms with Crippen LogP contribution in [0.5, 0.6) is 0 Å². The molecule has 0 radical (unpaired) electrons. The Hall–Kier alpha value is -1.15. The van der Waals surface area contributed by atoms with Crippen molar-refractivity contribution >= 4 is 11.8 Å². The number of carbonyl (C=O) groups is 2. The van der Waals surface area contributed by atoms with Crippen LogP contribution in [-0.4, -0.2) is 29.1 Å². The summed E-state index contributed by atoms with van der Waals surface area (Å²) in [6, 6.07) is 0.606. The van der Waals surface area contributed by atoms with Gasteiger partial charge in [0.05, 0.1) is 0 Å². The third-order valence-electron chi connectivity index (χ3n) is 4.52. The highest BCUT2D eigenvalue weighted by atomic mass is 19.4. The number of ketones is 1. The van der Waals surface area contributed by atoms with E-state index in [9.17, 15) is 18.0 Å². The van der Waals surface area contributed by atoms with Crippen LogP contribution >= 0.6 is 0 Å². The van der Waals surface area contributed by atoms with Gasteiger partial charge in [-0.25, -0.2) is 4.79 Å². The molecule has 2 saturated carbocycles. The molecule has 142 valence electrons. The lowest BCUT2D eigenvalue weighted by Crippen LogP contribution is -2.32. The van der Waals surface area contributed by atoms with Crippen molar-refractivity contribution in [1.82, 2.24) is 5.43 Å². The summed E-state index contributed by atoms with van der Waals surface area (Å²) in [5.74, 6) is 4.67. The molecule has 8 heteroatoms. The van der Waals surface area contributed by atoms with E-state index in [1.54, 1.807) is 0 Å². The highest BCUT2D eigenvalue weighted by molar-refractivity contribution is 5.80. The van der Waals surface area contributed by atoms with Gasteiger partial charge in [0.1, 0.15) is 5.78 Å². The van der Waals surface area contributed by atoms with Crippen molar-refractivity contribution in [2.45, 2.75) is 77.4 Å². The Morgan fingerprint density at radius 2 is 1.75 bits per heavy atom. The second-order valence-electron chi connectivity index (χ2n) is 6.31. The molecule has 0 spiro atoms. The van der Waals surface area contributed by atoms with Gasteiger partial charge in [-0.15, -0.1) is 0 Å². The largest absolute Gasteiger partial charge is 0.490 e. The van der Waals surface area contributed by atoms with Crippen molar-refractivity contribution < 1.29 is 27.9 Å². The van der Waals surface area contributed by atoms with Crippen molar-refractivity contribution in [3.8, 4) is 0 Å². The molecule has 3 atom stereocenters. The zero-order chi connectivity index (χ0) is 18.8. The lowest BCUT2D eigenvalue weighted by molar-refractivity contribution is -0.192. The summed E-state index contributed by atoms with van der Waals surface area (Å²) in [6.45, 7) is 4.41. The smallest absolute Gasteiger partial charge is 0.475 e. The highest BCUT2D eigenvalue weighted by Gasteiger charge is 2.38. The van der Waals surface area contributed by atoms with Crippen LogP contribution in [0.2, 0.25) is 0 Å². The van der Waals surface area contributed by atoms with Crippen LogP contribution in [0.1, 0.15) is 65.2 Å². The first-order valence-electron chi connectivity index (χ1n) is 8.41. The molecule has 2 rings (SSSR count). The number of nitrogens with two attached hydrogens (primary N) is 1. The van der Waals surface area contributed by atoms with Gasteiger partial charge in [0.2, 0.25) is 0 Å². The molecular formula is C16H29F3N2O3. The average molecular weight is 354 g/mol. The first-order valence-corrected chi connectivity index (χ1v) is 8.41. The minimum atomic E-state index is -5.08. The first kappa shape index (κ1) is 22.9. The zero-order valence-electron chi connectivity index (χ0n) is 14.4. The SMILES string of the molecule is CCC1CCC(=O)C1.CCC1CCC(NN)C1.O=C(O)C(F)(F)F. The topological polar surface area (TPSA) is 92.4 Å². The van der Waals surface area contributed by atoms with Crippen LogP contribution in [0.3, 0.4) is 0 Å². The highest BCUT2D eigenvalue weighted by Crippen LogP contribution is 2.27. The third-order valence-corrected chi connectivity index (χ3v) is 4.52. The second kappa shape index (κ2) is 11.4. The molecule has 0 aliphatic heterocycles. The molecule has 0 bridgehead atoms. The monoisotopic (exact) mass is 354 g/mol. The number of carbonyl (C=O) groups excluding carboxylic acids is 1. The molecule has 4 N–H and O–H groups in total. The Kier molecular flexibility index (Phi) is 10.9. The Morgan fingerprint density at radius 3 is 1.96 bits per heavy atom. The molecule has 24 heavy (non-hydrogen) atoms. The number of nitrogens with one attached hydrogen (secondary N) is 1. The Morgan fingerprint density at radius 1 is 1.21 bits per heavy atom. The van der Waals surface area contributed by atoms with Gasteiger partial charge < -0.3 is 5.11 Å². The van der Waals surface area contributed by atoms with Crippen LogP contribution in [0.15, 0.2) is 0 Å². The van der Waals surface area contributed by atoms with Gasteiger partial charge in [-0.2, -0.15) is 13.2 Å². The molecule has 2 aliphatic carbocycles. The number of carboxylic acids is 1. The summed E-state index contributed by atoms with van der Waals surface area (Å²) in [7, 11) is 0. The number of hydrogen-bond donors (Lipinski definition) is 3. The summed E-state index contributed by atoms with van der Waals surface area (Å²) < 4.78 is 31.7. The van der Waals surface area contributed by atoms with E-state index in [0.717, 1.165) is 31.1 Å². The Bertz CT molecular complexity index is 379. The number of aliphatic carboxylic acids is 1. The minimum Gasteiger partial charge on any atom is -0.475 e. The zero-order valence-corrected chi connectivity index (χ0v) is 14.4. The molecule has 0 aromatic carbocycles. The third kappa shape index (κ3) is 9.87. The van der Waals surface area contributed by atoms with E-state index in [2.05, 4.69) is 19.3 Å².